The topological polar surface area (TPSA) is 38.0 Å². The fourth-order valence-electron chi connectivity index (χ4n) is 2.17. The first-order valence-electron chi connectivity index (χ1n) is 7.64. The van der Waals surface area contributed by atoms with Gasteiger partial charge < -0.3 is 5.43 Å². The number of nitrogens with one attached hydrogen (secondary N) is 1. The standard InChI is InChI=1S/C21H22N2/c1-2-3-11-18(19-12-6-4-7-13-19)16-10-17-21(23-22)20-14-8-5-9-15-20/h2-17,23H,22H2,1H3/b3-2+,16-10-,18-11+,21-17-. The third kappa shape index (κ3) is 5.13. The Kier molecular flexibility index (Phi) is 6.64. The zero-order chi connectivity index (χ0) is 16.3. The van der Waals surface area contributed by atoms with Gasteiger partial charge in [-0.05, 0) is 29.7 Å². The normalized spacial score (nSPS) is 13.0. The molecule has 2 rings (SSSR count). The van der Waals surface area contributed by atoms with Crippen molar-refractivity contribution in [2.45, 2.75) is 6.92 Å². The highest BCUT2D eigenvalue weighted by Gasteiger charge is 1.97. The van der Waals surface area contributed by atoms with E-state index in [-0.39, 0.29) is 0 Å². The van der Waals surface area contributed by atoms with Crippen LogP contribution in [0.25, 0.3) is 11.3 Å². The summed E-state index contributed by atoms with van der Waals surface area (Å²) in [6.45, 7) is 2.01. The smallest absolute Gasteiger partial charge is 0.0557 e. The molecule has 2 heteroatoms. The molecule has 0 heterocycles. The molecule has 0 amide bonds. The predicted octanol–water partition coefficient (Wildman–Crippen LogP) is 4.71. The highest BCUT2D eigenvalue weighted by atomic mass is 15.2. The summed E-state index contributed by atoms with van der Waals surface area (Å²) in [7, 11) is 0. The number of allylic oxidation sites excluding steroid dienone is 7. The van der Waals surface area contributed by atoms with E-state index in [1.165, 1.54) is 5.56 Å². The molecule has 0 radical (unpaired) electrons. The maximum atomic E-state index is 5.64. The quantitative estimate of drug-likeness (QED) is 0.461. The number of nitrogens with two attached hydrogens (primary N) is 1. The lowest BCUT2D eigenvalue weighted by Crippen LogP contribution is -2.19. The molecule has 0 unspecified atom stereocenters. The van der Waals surface area contributed by atoms with E-state index in [0.717, 1.165) is 16.8 Å². The van der Waals surface area contributed by atoms with Crippen molar-refractivity contribution in [3.8, 4) is 0 Å². The maximum absolute atomic E-state index is 5.64. The molecule has 0 bridgehead atoms. The van der Waals surface area contributed by atoms with Crippen molar-refractivity contribution >= 4 is 11.3 Å². The van der Waals surface area contributed by atoms with E-state index in [9.17, 15) is 0 Å². The van der Waals surface area contributed by atoms with Crippen molar-refractivity contribution in [3.05, 3.63) is 108 Å². The fraction of sp³-hybridized carbons (Fsp3) is 0.0476. The van der Waals surface area contributed by atoms with Crippen LogP contribution in [0.15, 0.2) is 97.1 Å². The van der Waals surface area contributed by atoms with E-state index in [0.29, 0.717) is 0 Å². The van der Waals surface area contributed by atoms with Crippen molar-refractivity contribution in [2.24, 2.45) is 5.84 Å². The fourth-order valence-corrected chi connectivity index (χ4v) is 2.17. The molecule has 23 heavy (non-hydrogen) atoms. The van der Waals surface area contributed by atoms with Crippen molar-refractivity contribution in [3.63, 3.8) is 0 Å². The van der Waals surface area contributed by atoms with Gasteiger partial charge in [-0.3, -0.25) is 5.84 Å². The van der Waals surface area contributed by atoms with Crippen LogP contribution in [0.1, 0.15) is 18.1 Å². The van der Waals surface area contributed by atoms with Gasteiger partial charge in [0.05, 0.1) is 5.70 Å². The predicted molar refractivity (Wildman–Crippen MR) is 100 cm³/mol. The van der Waals surface area contributed by atoms with E-state index >= 15 is 0 Å². The number of hydrazine groups is 1. The molecule has 0 saturated carbocycles. The summed E-state index contributed by atoms with van der Waals surface area (Å²) >= 11 is 0. The summed E-state index contributed by atoms with van der Waals surface area (Å²) in [5, 5.41) is 0. The Balaban J connectivity index is 2.25. The highest BCUT2D eigenvalue weighted by Crippen LogP contribution is 2.17. The Bertz CT molecular complexity index is 708. The second-order valence-corrected chi connectivity index (χ2v) is 4.96. The lowest BCUT2D eigenvalue weighted by atomic mass is 10.0. The summed E-state index contributed by atoms with van der Waals surface area (Å²) in [4.78, 5) is 0. The van der Waals surface area contributed by atoms with Gasteiger partial charge in [-0.25, -0.2) is 0 Å². The van der Waals surface area contributed by atoms with Crippen LogP contribution in [-0.2, 0) is 0 Å². The van der Waals surface area contributed by atoms with Crippen LogP contribution in [0.5, 0.6) is 0 Å². The minimum Gasteiger partial charge on any atom is -0.324 e. The van der Waals surface area contributed by atoms with Crippen molar-refractivity contribution in [2.75, 3.05) is 0 Å². The van der Waals surface area contributed by atoms with Gasteiger partial charge >= 0.3 is 0 Å². The number of benzene rings is 2. The van der Waals surface area contributed by atoms with E-state index in [4.69, 9.17) is 5.84 Å². The summed E-state index contributed by atoms with van der Waals surface area (Å²) < 4.78 is 0. The third-order valence-corrected chi connectivity index (χ3v) is 3.35. The van der Waals surface area contributed by atoms with E-state index < -0.39 is 0 Å². The van der Waals surface area contributed by atoms with Gasteiger partial charge in [0.25, 0.3) is 0 Å². The van der Waals surface area contributed by atoms with Gasteiger partial charge in [0.15, 0.2) is 0 Å². The Hall–Kier alpha value is -2.84. The van der Waals surface area contributed by atoms with Gasteiger partial charge in [-0.2, -0.15) is 0 Å². The molecular formula is C21H22N2. The van der Waals surface area contributed by atoms with Crippen LogP contribution in [0, 0.1) is 0 Å². The highest BCUT2D eigenvalue weighted by molar-refractivity contribution is 5.76. The molecule has 0 aliphatic carbocycles. The summed E-state index contributed by atoms with van der Waals surface area (Å²) in [5.74, 6) is 5.64. The Morgan fingerprint density at radius 2 is 1.43 bits per heavy atom. The minimum absolute atomic E-state index is 0.875. The molecular weight excluding hydrogens is 280 g/mol. The first-order valence-corrected chi connectivity index (χ1v) is 7.64. The average Bonchev–Trinajstić information content (AvgIpc) is 2.63. The minimum atomic E-state index is 0.875. The van der Waals surface area contributed by atoms with Gasteiger partial charge in [-0.1, -0.05) is 91.0 Å². The second kappa shape index (κ2) is 9.23. The molecule has 0 spiro atoms. The summed E-state index contributed by atoms with van der Waals surface area (Å²) in [5.41, 5.74) is 7.00. The van der Waals surface area contributed by atoms with Crippen LogP contribution in [-0.4, -0.2) is 0 Å². The van der Waals surface area contributed by atoms with Crippen LogP contribution in [0.2, 0.25) is 0 Å². The molecule has 0 aliphatic heterocycles. The third-order valence-electron chi connectivity index (χ3n) is 3.35. The van der Waals surface area contributed by atoms with Crippen LogP contribution < -0.4 is 11.3 Å². The van der Waals surface area contributed by atoms with E-state index in [1.54, 1.807) is 0 Å². The zero-order valence-electron chi connectivity index (χ0n) is 13.3. The van der Waals surface area contributed by atoms with E-state index in [1.807, 2.05) is 79.8 Å². The largest absolute Gasteiger partial charge is 0.324 e. The Morgan fingerprint density at radius 1 is 0.826 bits per heavy atom. The van der Waals surface area contributed by atoms with Crippen LogP contribution in [0.4, 0.5) is 0 Å². The SMILES string of the molecule is C/C=C/C=C(\C=C/C=C(\NN)c1ccccc1)c1ccccc1. The van der Waals surface area contributed by atoms with Gasteiger partial charge in [0.1, 0.15) is 0 Å². The molecule has 3 N–H and O–H groups in total. The first kappa shape index (κ1) is 16.5. The van der Waals surface area contributed by atoms with Crippen molar-refractivity contribution in [1.29, 1.82) is 0 Å². The summed E-state index contributed by atoms with van der Waals surface area (Å²) in [6.07, 6.45) is 12.2. The lowest BCUT2D eigenvalue weighted by molar-refractivity contribution is 0.992. The van der Waals surface area contributed by atoms with E-state index in [2.05, 4.69) is 29.7 Å². The Morgan fingerprint density at radius 3 is 2.00 bits per heavy atom. The molecule has 2 aromatic rings. The van der Waals surface area contributed by atoms with Gasteiger partial charge in [-0.15, -0.1) is 0 Å². The Labute approximate surface area is 138 Å². The summed E-state index contributed by atoms with van der Waals surface area (Å²) in [6, 6.07) is 20.3. The second-order valence-electron chi connectivity index (χ2n) is 4.96. The molecule has 2 aromatic carbocycles. The maximum Gasteiger partial charge on any atom is 0.0557 e. The molecule has 0 fully saturated rings. The average molecular weight is 302 g/mol. The van der Waals surface area contributed by atoms with Gasteiger partial charge in [0, 0.05) is 0 Å². The van der Waals surface area contributed by atoms with Gasteiger partial charge in [0.2, 0.25) is 0 Å². The number of hydrogen-bond acceptors (Lipinski definition) is 2. The number of rotatable bonds is 6. The number of hydrogen-bond donors (Lipinski definition) is 2. The molecule has 0 aliphatic rings. The molecule has 2 nitrogen and oxygen atoms in total. The zero-order valence-corrected chi connectivity index (χ0v) is 13.3. The molecule has 116 valence electrons. The molecule has 0 saturated heterocycles. The monoisotopic (exact) mass is 302 g/mol. The molecule has 0 aromatic heterocycles. The van der Waals surface area contributed by atoms with Crippen LogP contribution in [0.3, 0.4) is 0 Å². The van der Waals surface area contributed by atoms with Crippen molar-refractivity contribution in [1.82, 2.24) is 5.43 Å². The lowest BCUT2D eigenvalue weighted by Gasteiger charge is -2.05. The first-order chi connectivity index (χ1) is 11.3. The molecule has 0 atom stereocenters. The van der Waals surface area contributed by atoms with Crippen LogP contribution >= 0.6 is 0 Å². The van der Waals surface area contributed by atoms with Crippen molar-refractivity contribution < 1.29 is 0 Å².